The molecular weight excluding hydrogens is 302 g/mol. The zero-order chi connectivity index (χ0) is 17.4. The normalized spacial score (nSPS) is 23.8. The molecule has 0 aromatic heterocycles. The highest BCUT2D eigenvalue weighted by molar-refractivity contribution is 6.08. The van der Waals surface area contributed by atoms with Crippen molar-refractivity contribution in [3.63, 3.8) is 0 Å². The number of fused-ring (bicyclic) bond motifs is 3. The molecule has 4 rings (SSSR count). The summed E-state index contributed by atoms with van der Waals surface area (Å²) in [6.07, 6.45) is 13.4. The fourth-order valence-electron chi connectivity index (χ4n) is 4.92. The number of allylic oxidation sites excluding steroid dienone is 3. The molecule has 0 N–H and O–H groups in total. The average Bonchev–Trinajstić information content (AvgIpc) is 3.20. The van der Waals surface area contributed by atoms with Crippen molar-refractivity contribution in [2.45, 2.75) is 44.4 Å². The Hall–Kier alpha value is -2.15. The summed E-state index contributed by atoms with van der Waals surface area (Å²) < 4.78 is 2.40. The first-order valence-corrected chi connectivity index (χ1v) is 9.57. The Morgan fingerprint density at radius 3 is 2.68 bits per heavy atom. The molecule has 1 nitrogen and oxygen atoms in total. The van der Waals surface area contributed by atoms with Gasteiger partial charge in [0.25, 0.3) is 0 Å². The van der Waals surface area contributed by atoms with E-state index in [1.807, 2.05) is 0 Å². The van der Waals surface area contributed by atoms with Crippen LogP contribution in [0.15, 0.2) is 61.2 Å². The molecule has 1 atom stereocenters. The smallest absolute Gasteiger partial charge is 0.198 e. The van der Waals surface area contributed by atoms with E-state index in [-0.39, 0.29) is 5.41 Å². The van der Waals surface area contributed by atoms with Gasteiger partial charge in [0.1, 0.15) is 7.05 Å². The zero-order valence-electron chi connectivity index (χ0n) is 15.5. The fourth-order valence-corrected chi connectivity index (χ4v) is 4.92. The standard InChI is InChI=1S/C24H28N/c1-4-17-24(2)22(16-13-18-9-5-6-10-18)25(3)21-15-14-19-11-7-8-12-20(19)23(21)24/h4,7-8,11-16,18H,1,5-6,9-10,17H2,2-3H3/q+1/b16-13+. The molecule has 0 amide bonds. The van der Waals surface area contributed by atoms with Gasteiger partial charge in [-0.1, -0.05) is 49.3 Å². The molecule has 0 saturated heterocycles. The van der Waals surface area contributed by atoms with E-state index < -0.39 is 0 Å². The van der Waals surface area contributed by atoms with Gasteiger partial charge in [0, 0.05) is 17.7 Å². The van der Waals surface area contributed by atoms with E-state index in [2.05, 4.69) is 79.8 Å². The van der Waals surface area contributed by atoms with Crippen molar-refractivity contribution in [3.05, 3.63) is 66.8 Å². The summed E-state index contributed by atoms with van der Waals surface area (Å²) in [5.41, 5.74) is 4.20. The average molecular weight is 330 g/mol. The van der Waals surface area contributed by atoms with E-state index in [0.29, 0.717) is 0 Å². The van der Waals surface area contributed by atoms with E-state index in [1.54, 1.807) is 0 Å². The van der Waals surface area contributed by atoms with Crippen LogP contribution in [0.1, 0.15) is 44.6 Å². The fraction of sp³-hybridized carbons (Fsp3) is 0.375. The summed E-state index contributed by atoms with van der Waals surface area (Å²) >= 11 is 0. The van der Waals surface area contributed by atoms with E-state index in [0.717, 1.165) is 12.3 Å². The minimum absolute atomic E-state index is 0.0121. The first-order chi connectivity index (χ1) is 12.1. The molecule has 0 bridgehead atoms. The van der Waals surface area contributed by atoms with Gasteiger partial charge in [-0.25, -0.2) is 0 Å². The number of nitrogens with zero attached hydrogens (tertiary/aromatic N) is 1. The summed E-state index contributed by atoms with van der Waals surface area (Å²) in [7, 11) is 2.22. The van der Waals surface area contributed by atoms with Crippen LogP contribution in [0.2, 0.25) is 0 Å². The van der Waals surface area contributed by atoms with E-state index in [4.69, 9.17) is 0 Å². The van der Waals surface area contributed by atoms with Crippen molar-refractivity contribution < 1.29 is 4.58 Å². The van der Waals surface area contributed by atoms with Crippen LogP contribution in [0.25, 0.3) is 10.8 Å². The summed E-state index contributed by atoms with van der Waals surface area (Å²) in [6, 6.07) is 13.3. The lowest BCUT2D eigenvalue weighted by Crippen LogP contribution is -2.30. The van der Waals surface area contributed by atoms with Crippen molar-refractivity contribution in [2.75, 3.05) is 7.05 Å². The summed E-state index contributed by atoms with van der Waals surface area (Å²) in [4.78, 5) is 0. The Morgan fingerprint density at radius 2 is 1.92 bits per heavy atom. The van der Waals surface area contributed by atoms with Gasteiger partial charge >= 0.3 is 0 Å². The molecule has 0 radical (unpaired) electrons. The lowest BCUT2D eigenvalue weighted by atomic mass is 9.74. The van der Waals surface area contributed by atoms with Crippen molar-refractivity contribution in [2.24, 2.45) is 5.92 Å². The first kappa shape index (κ1) is 16.3. The molecular formula is C24H28N+. The Kier molecular flexibility index (Phi) is 4.11. The summed E-state index contributed by atoms with van der Waals surface area (Å²) in [5.74, 6) is 0.759. The molecule has 25 heavy (non-hydrogen) atoms. The quantitative estimate of drug-likeness (QED) is 0.467. The largest absolute Gasteiger partial charge is 0.210 e. The molecule has 2 aromatic carbocycles. The third-order valence-electron chi connectivity index (χ3n) is 6.23. The van der Waals surface area contributed by atoms with Crippen LogP contribution in [0.5, 0.6) is 0 Å². The van der Waals surface area contributed by atoms with Crippen LogP contribution in [-0.2, 0) is 5.41 Å². The van der Waals surface area contributed by atoms with Crippen molar-refractivity contribution in [3.8, 4) is 0 Å². The monoisotopic (exact) mass is 330 g/mol. The summed E-state index contributed by atoms with van der Waals surface area (Å²) in [5, 5.41) is 2.70. The van der Waals surface area contributed by atoms with Gasteiger partial charge in [0.15, 0.2) is 5.71 Å². The number of hydrogen-bond donors (Lipinski definition) is 0. The van der Waals surface area contributed by atoms with Gasteiger partial charge in [-0.2, -0.15) is 4.58 Å². The van der Waals surface area contributed by atoms with Crippen molar-refractivity contribution >= 4 is 22.2 Å². The molecule has 1 heterocycles. The van der Waals surface area contributed by atoms with Gasteiger partial charge in [0.2, 0.25) is 5.69 Å². The number of hydrogen-bond acceptors (Lipinski definition) is 0. The molecule has 1 unspecified atom stereocenters. The van der Waals surface area contributed by atoms with Gasteiger partial charge in [-0.15, -0.1) is 6.58 Å². The van der Waals surface area contributed by atoms with Gasteiger partial charge in [-0.3, -0.25) is 0 Å². The minimum Gasteiger partial charge on any atom is -0.198 e. The van der Waals surface area contributed by atoms with E-state index in [1.165, 1.54) is 53.4 Å². The molecule has 1 fully saturated rings. The molecule has 1 saturated carbocycles. The zero-order valence-corrected chi connectivity index (χ0v) is 15.5. The molecule has 128 valence electrons. The Bertz CT molecular complexity index is 880. The second kappa shape index (κ2) is 6.29. The highest BCUT2D eigenvalue weighted by atomic mass is 15.0. The number of rotatable bonds is 4. The third kappa shape index (κ3) is 2.57. The van der Waals surface area contributed by atoms with Gasteiger partial charge in [-0.05, 0) is 48.9 Å². The van der Waals surface area contributed by atoms with Crippen LogP contribution in [0.3, 0.4) is 0 Å². The molecule has 1 aliphatic heterocycles. The lowest BCUT2D eigenvalue weighted by molar-refractivity contribution is -0.401. The Labute approximate surface area is 151 Å². The van der Waals surface area contributed by atoms with Crippen LogP contribution < -0.4 is 0 Å². The van der Waals surface area contributed by atoms with Crippen molar-refractivity contribution in [1.29, 1.82) is 0 Å². The van der Waals surface area contributed by atoms with Crippen LogP contribution >= 0.6 is 0 Å². The lowest BCUT2D eigenvalue weighted by Gasteiger charge is -2.22. The second-order valence-electron chi connectivity index (χ2n) is 7.85. The molecule has 2 aromatic rings. The van der Waals surface area contributed by atoms with Crippen LogP contribution in [-0.4, -0.2) is 17.3 Å². The highest BCUT2D eigenvalue weighted by Gasteiger charge is 2.46. The minimum atomic E-state index is -0.0121. The molecule has 0 spiro atoms. The second-order valence-corrected chi connectivity index (χ2v) is 7.85. The maximum atomic E-state index is 4.06. The topological polar surface area (TPSA) is 3.01 Å². The van der Waals surface area contributed by atoms with E-state index >= 15 is 0 Å². The maximum Gasteiger partial charge on any atom is 0.210 e. The Morgan fingerprint density at radius 1 is 1.16 bits per heavy atom. The SMILES string of the molecule is C=CCC1(C)C(/C=C/C2CCCC2)=[N+](C)c2ccc3ccccc3c21. The van der Waals surface area contributed by atoms with Gasteiger partial charge < -0.3 is 0 Å². The predicted octanol–water partition coefficient (Wildman–Crippen LogP) is 6.15. The summed E-state index contributed by atoms with van der Waals surface area (Å²) in [6.45, 7) is 6.45. The molecule has 1 aliphatic carbocycles. The van der Waals surface area contributed by atoms with Crippen molar-refractivity contribution in [1.82, 2.24) is 0 Å². The molecule has 2 aliphatic rings. The highest BCUT2D eigenvalue weighted by Crippen LogP contribution is 2.46. The van der Waals surface area contributed by atoms with E-state index in [9.17, 15) is 0 Å². The third-order valence-corrected chi connectivity index (χ3v) is 6.23. The Balaban J connectivity index is 1.87. The molecule has 1 heteroatoms. The van der Waals surface area contributed by atoms with Gasteiger partial charge in [0.05, 0.1) is 5.41 Å². The first-order valence-electron chi connectivity index (χ1n) is 9.57. The van der Waals surface area contributed by atoms with Crippen LogP contribution in [0.4, 0.5) is 5.69 Å². The number of benzene rings is 2. The predicted molar refractivity (Wildman–Crippen MR) is 108 cm³/mol. The van der Waals surface area contributed by atoms with Crippen LogP contribution in [0, 0.1) is 5.92 Å². The maximum absolute atomic E-state index is 4.06.